The van der Waals surface area contributed by atoms with Gasteiger partial charge in [0.15, 0.2) is 5.65 Å². The number of aryl methyl sites for hydroxylation is 1. The lowest BCUT2D eigenvalue weighted by molar-refractivity contribution is 0.803. The summed E-state index contributed by atoms with van der Waals surface area (Å²) in [5.74, 6) is 0. The zero-order valence-corrected chi connectivity index (χ0v) is 7.41. The highest BCUT2D eigenvalue weighted by molar-refractivity contribution is 9.10. The Labute approximate surface area is 71.3 Å². The van der Waals surface area contributed by atoms with Crippen LogP contribution in [-0.2, 0) is 0 Å². The molecule has 0 N–H and O–H groups in total. The topological polar surface area (TPSA) is 43.1 Å². The van der Waals surface area contributed by atoms with Crippen molar-refractivity contribution in [3.63, 3.8) is 0 Å². The number of tetrazole rings is 1. The molecule has 0 aliphatic heterocycles. The number of hydrogen-bond donors (Lipinski definition) is 0. The van der Waals surface area contributed by atoms with Gasteiger partial charge in [-0.15, -0.1) is 5.10 Å². The monoisotopic (exact) mass is 212 g/mol. The fraction of sp³-hybridized carbons (Fsp3) is 0.167. The van der Waals surface area contributed by atoms with Gasteiger partial charge in [-0.3, -0.25) is 0 Å². The molecule has 2 aromatic rings. The highest BCUT2D eigenvalue weighted by atomic mass is 79.9. The first-order chi connectivity index (χ1) is 5.29. The lowest BCUT2D eigenvalue weighted by atomic mass is 10.4. The summed E-state index contributed by atoms with van der Waals surface area (Å²) in [7, 11) is 0. The van der Waals surface area contributed by atoms with E-state index in [1.807, 2.05) is 19.1 Å². The van der Waals surface area contributed by atoms with Gasteiger partial charge in [-0.2, -0.15) is 4.52 Å². The minimum atomic E-state index is 0.755. The van der Waals surface area contributed by atoms with Crippen molar-refractivity contribution < 1.29 is 0 Å². The van der Waals surface area contributed by atoms with Crippen molar-refractivity contribution in [1.82, 2.24) is 20.0 Å². The zero-order valence-electron chi connectivity index (χ0n) is 5.82. The molecule has 0 saturated carbocycles. The molecule has 2 rings (SSSR count). The minimum absolute atomic E-state index is 0.755. The van der Waals surface area contributed by atoms with Gasteiger partial charge in [0, 0.05) is 5.69 Å². The molecule has 0 aliphatic carbocycles. The SMILES string of the molecule is Cc1ccc(Br)c2nnnn12. The Bertz CT molecular complexity index is 358. The molecular weight excluding hydrogens is 208 g/mol. The molecular formula is C6H5BrN4. The Kier molecular flexibility index (Phi) is 1.38. The summed E-state index contributed by atoms with van der Waals surface area (Å²) in [5.41, 5.74) is 1.78. The average molecular weight is 213 g/mol. The number of rotatable bonds is 0. The first-order valence-electron chi connectivity index (χ1n) is 3.12. The van der Waals surface area contributed by atoms with Crippen LogP contribution in [0.2, 0.25) is 0 Å². The Balaban J connectivity index is 2.96. The first-order valence-corrected chi connectivity index (χ1v) is 3.91. The number of nitrogens with zero attached hydrogens (tertiary/aromatic N) is 4. The smallest absolute Gasteiger partial charge is 0.193 e. The van der Waals surface area contributed by atoms with Crippen LogP contribution in [0.1, 0.15) is 5.69 Å². The van der Waals surface area contributed by atoms with E-state index in [1.54, 1.807) is 4.52 Å². The second-order valence-electron chi connectivity index (χ2n) is 2.24. The van der Waals surface area contributed by atoms with Crippen molar-refractivity contribution in [3.8, 4) is 0 Å². The lowest BCUT2D eigenvalue weighted by Crippen LogP contribution is -1.92. The molecule has 0 bridgehead atoms. The van der Waals surface area contributed by atoms with Crippen LogP contribution in [0.5, 0.6) is 0 Å². The van der Waals surface area contributed by atoms with Crippen molar-refractivity contribution in [2.75, 3.05) is 0 Å². The minimum Gasteiger partial charge on any atom is -0.197 e. The predicted molar refractivity (Wildman–Crippen MR) is 43.2 cm³/mol. The molecule has 5 heteroatoms. The molecule has 0 fully saturated rings. The standard InChI is InChI=1S/C6H5BrN4/c1-4-2-3-5(7)6-8-9-10-11(4)6/h2-3H,1H3. The van der Waals surface area contributed by atoms with Gasteiger partial charge < -0.3 is 0 Å². The van der Waals surface area contributed by atoms with Crippen molar-refractivity contribution in [2.24, 2.45) is 0 Å². The van der Waals surface area contributed by atoms with Crippen LogP contribution in [0, 0.1) is 6.92 Å². The first kappa shape index (κ1) is 6.72. The Hall–Kier alpha value is -0.970. The van der Waals surface area contributed by atoms with E-state index < -0.39 is 0 Å². The average Bonchev–Trinajstić information content (AvgIpc) is 2.45. The maximum Gasteiger partial charge on any atom is 0.193 e. The summed E-state index contributed by atoms with van der Waals surface area (Å²) >= 11 is 3.35. The van der Waals surface area contributed by atoms with Crippen LogP contribution < -0.4 is 0 Å². The fourth-order valence-corrected chi connectivity index (χ4v) is 1.29. The van der Waals surface area contributed by atoms with Gasteiger partial charge in [-0.1, -0.05) is 0 Å². The molecule has 11 heavy (non-hydrogen) atoms. The molecule has 4 nitrogen and oxygen atoms in total. The molecule has 0 saturated heterocycles. The highest BCUT2D eigenvalue weighted by Crippen LogP contribution is 2.15. The molecule has 0 spiro atoms. The normalized spacial score (nSPS) is 10.7. The summed E-state index contributed by atoms with van der Waals surface area (Å²) in [5, 5.41) is 11.2. The maximum atomic E-state index is 3.83. The van der Waals surface area contributed by atoms with Gasteiger partial charge in [0.05, 0.1) is 4.47 Å². The van der Waals surface area contributed by atoms with E-state index in [0.29, 0.717) is 0 Å². The summed E-state index contributed by atoms with van der Waals surface area (Å²) in [6, 6.07) is 3.88. The van der Waals surface area contributed by atoms with Crippen LogP contribution in [0.3, 0.4) is 0 Å². The number of pyridine rings is 1. The molecule has 2 heterocycles. The van der Waals surface area contributed by atoms with Gasteiger partial charge >= 0.3 is 0 Å². The van der Waals surface area contributed by atoms with Gasteiger partial charge in [0.25, 0.3) is 0 Å². The van der Waals surface area contributed by atoms with E-state index >= 15 is 0 Å². The lowest BCUT2D eigenvalue weighted by Gasteiger charge is -1.95. The Morgan fingerprint density at radius 1 is 1.45 bits per heavy atom. The van der Waals surface area contributed by atoms with E-state index in [4.69, 9.17) is 0 Å². The Morgan fingerprint density at radius 2 is 2.27 bits per heavy atom. The predicted octanol–water partition coefficient (Wildman–Crippen LogP) is 1.20. The third-order valence-electron chi connectivity index (χ3n) is 1.49. The third kappa shape index (κ3) is 0.920. The van der Waals surface area contributed by atoms with Gasteiger partial charge in [0.2, 0.25) is 0 Å². The van der Waals surface area contributed by atoms with Crippen LogP contribution in [0.4, 0.5) is 0 Å². The van der Waals surface area contributed by atoms with E-state index in [9.17, 15) is 0 Å². The van der Waals surface area contributed by atoms with E-state index in [-0.39, 0.29) is 0 Å². The zero-order chi connectivity index (χ0) is 7.84. The van der Waals surface area contributed by atoms with Crippen molar-refractivity contribution in [3.05, 3.63) is 22.3 Å². The largest absolute Gasteiger partial charge is 0.197 e. The molecule has 0 atom stereocenters. The van der Waals surface area contributed by atoms with E-state index in [0.717, 1.165) is 15.8 Å². The molecule has 0 aliphatic rings. The van der Waals surface area contributed by atoms with E-state index in [1.165, 1.54) is 0 Å². The summed E-state index contributed by atoms with van der Waals surface area (Å²) in [6.45, 7) is 1.95. The summed E-state index contributed by atoms with van der Waals surface area (Å²) < 4.78 is 2.59. The van der Waals surface area contributed by atoms with Crippen molar-refractivity contribution in [1.29, 1.82) is 0 Å². The fourth-order valence-electron chi connectivity index (χ4n) is 0.913. The van der Waals surface area contributed by atoms with Crippen LogP contribution in [-0.4, -0.2) is 20.0 Å². The number of fused-ring (bicyclic) bond motifs is 1. The molecule has 0 unspecified atom stereocenters. The van der Waals surface area contributed by atoms with Gasteiger partial charge in [-0.05, 0) is 45.4 Å². The Morgan fingerprint density at radius 3 is 3.00 bits per heavy atom. The third-order valence-corrected chi connectivity index (χ3v) is 2.11. The summed E-state index contributed by atoms with van der Waals surface area (Å²) in [6.07, 6.45) is 0. The van der Waals surface area contributed by atoms with E-state index in [2.05, 4.69) is 31.5 Å². The van der Waals surface area contributed by atoms with Crippen molar-refractivity contribution in [2.45, 2.75) is 6.92 Å². The number of aromatic nitrogens is 4. The number of halogens is 1. The molecule has 0 aromatic carbocycles. The van der Waals surface area contributed by atoms with Crippen molar-refractivity contribution >= 4 is 21.6 Å². The molecule has 0 radical (unpaired) electrons. The van der Waals surface area contributed by atoms with Gasteiger partial charge in [0.1, 0.15) is 0 Å². The van der Waals surface area contributed by atoms with Crippen LogP contribution in [0.25, 0.3) is 5.65 Å². The van der Waals surface area contributed by atoms with Crippen LogP contribution >= 0.6 is 15.9 Å². The molecule has 56 valence electrons. The highest BCUT2D eigenvalue weighted by Gasteiger charge is 2.02. The summed E-state index contributed by atoms with van der Waals surface area (Å²) in [4.78, 5) is 0. The van der Waals surface area contributed by atoms with Gasteiger partial charge in [-0.25, -0.2) is 0 Å². The second-order valence-corrected chi connectivity index (χ2v) is 3.09. The molecule has 0 amide bonds. The number of hydrogen-bond acceptors (Lipinski definition) is 3. The maximum absolute atomic E-state index is 3.83. The van der Waals surface area contributed by atoms with Crippen LogP contribution in [0.15, 0.2) is 16.6 Å². The quantitative estimate of drug-likeness (QED) is 0.660. The molecule has 2 aromatic heterocycles. The second kappa shape index (κ2) is 2.27.